The summed E-state index contributed by atoms with van der Waals surface area (Å²) in [6, 6.07) is 7.81. The molecule has 0 fully saturated rings. The summed E-state index contributed by atoms with van der Waals surface area (Å²) in [7, 11) is 1.53. The first-order valence-corrected chi connectivity index (χ1v) is 6.20. The lowest BCUT2D eigenvalue weighted by Gasteiger charge is -2.09. The summed E-state index contributed by atoms with van der Waals surface area (Å²) in [5, 5.41) is 5.36. The van der Waals surface area contributed by atoms with Gasteiger partial charge >= 0.3 is 0 Å². The number of carbonyl (C=O) groups excluding carboxylic acids is 1. The van der Waals surface area contributed by atoms with Gasteiger partial charge in [-0.2, -0.15) is 0 Å². The topological polar surface area (TPSA) is 41.1 Å². The number of anilines is 1. The van der Waals surface area contributed by atoms with Gasteiger partial charge in [0.15, 0.2) is 11.6 Å². The van der Waals surface area contributed by atoms with Crippen LogP contribution < -0.4 is 10.6 Å². The van der Waals surface area contributed by atoms with Crippen LogP contribution in [0, 0.1) is 17.5 Å². The van der Waals surface area contributed by atoms with E-state index in [1.54, 1.807) is 24.3 Å². The van der Waals surface area contributed by atoms with Gasteiger partial charge in [-0.3, -0.25) is 4.79 Å². The molecule has 0 bridgehead atoms. The molecule has 2 rings (SSSR count). The monoisotopic (exact) mass is 294 g/mol. The van der Waals surface area contributed by atoms with Crippen LogP contribution in [-0.2, 0) is 6.54 Å². The molecule has 2 aromatic carbocycles. The number of amides is 1. The van der Waals surface area contributed by atoms with E-state index in [9.17, 15) is 18.0 Å². The standard InChI is InChI=1S/C15H13F3N2O/c1-19-15(21)9-2-4-11(5-3-9)20-8-10-6-13(17)14(18)7-12(10)16/h2-7,20H,8H2,1H3,(H,19,21). The Balaban J connectivity index is 2.06. The largest absolute Gasteiger partial charge is 0.381 e. The third kappa shape index (κ3) is 3.53. The highest BCUT2D eigenvalue weighted by Gasteiger charge is 2.09. The SMILES string of the molecule is CNC(=O)c1ccc(NCc2cc(F)c(F)cc2F)cc1. The lowest BCUT2D eigenvalue weighted by atomic mass is 10.1. The van der Waals surface area contributed by atoms with Gasteiger partial charge in [0.25, 0.3) is 5.91 Å². The Morgan fingerprint density at radius 1 is 1.00 bits per heavy atom. The molecule has 21 heavy (non-hydrogen) atoms. The van der Waals surface area contributed by atoms with Gasteiger partial charge < -0.3 is 10.6 Å². The number of hydrogen-bond donors (Lipinski definition) is 2. The molecule has 2 aromatic rings. The van der Waals surface area contributed by atoms with Crippen molar-refractivity contribution in [3.05, 3.63) is 65.0 Å². The zero-order valence-corrected chi connectivity index (χ0v) is 11.2. The molecular formula is C15H13F3N2O. The fourth-order valence-electron chi connectivity index (χ4n) is 1.78. The van der Waals surface area contributed by atoms with Crippen LogP contribution in [0.2, 0.25) is 0 Å². The molecule has 0 heterocycles. The molecule has 110 valence electrons. The van der Waals surface area contributed by atoms with E-state index in [0.717, 1.165) is 6.07 Å². The second kappa shape index (κ2) is 6.30. The van der Waals surface area contributed by atoms with Gasteiger partial charge in [-0.15, -0.1) is 0 Å². The highest BCUT2D eigenvalue weighted by Crippen LogP contribution is 2.16. The summed E-state index contributed by atoms with van der Waals surface area (Å²) in [5.74, 6) is -3.34. The molecule has 0 saturated heterocycles. The maximum atomic E-state index is 13.4. The van der Waals surface area contributed by atoms with Gasteiger partial charge in [-0.25, -0.2) is 13.2 Å². The summed E-state index contributed by atoms with van der Waals surface area (Å²) in [6.45, 7) is 0.00234. The number of rotatable bonds is 4. The summed E-state index contributed by atoms with van der Waals surface area (Å²) < 4.78 is 39.3. The van der Waals surface area contributed by atoms with Crippen molar-refractivity contribution in [1.29, 1.82) is 0 Å². The molecule has 3 nitrogen and oxygen atoms in total. The van der Waals surface area contributed by atoms with Crippen LogP contribution in [0.3, 0.4) is 0 Å². The van der Waals surface area contributed by atoms with Crippen molar-refractivity contribution in [1.82, 2.24) is 5.32 Å². The van der Waals surface area contributed by atoms with E-state index in [1.165, 1.54) is 7.05 Å². The molecule has 0 radical (unpaired) electrons. The third-order valence-corrected chi connectivity index (χ3v) is 2.95. The fraction of sp³-hybridized carbons (Fsp3) is 0.133. The summed E-state index contributed by atoms with van der Waals surface area (Å²) >= 11 is 0. The second-order valence-electron chi connectivity index (χ2n) is 4.37. The van der Waals surface area contributed by atoms with Crippen LogP contribution in [0.5, 0.6) is 0 Å². The average Bonchev–Trinajstić information content (AvgIpc) is 2.49. The van der Waals surface area contributed by atoms with Gasteiger partial charge in [0.05, 0.1) is 0 Å². The van der Waals surface area contributed by atoms with Crippen LogP contribution in [0.15, 0.2) is 36.4 Å². The molecule has 0 unspecified atom stereocenters. The van der Waals surface area contributed by atoms with E-state index in [0.29, 0.717) is 17.3 Å². The normalized spacial score (nSPS) is 10.3. The Morgan fingerprint density at radius 3 is 2.24 bits per heavy atom. The molecule has 2 N–H and O–H groups in total. The van der Waals surface area contributed by atoms with Crippen molar-refractivity contribution < 1.29 is 18.0 Å². The van der Waals surface area contributed by atoms with Crippen molar-refractivity contribution >= 4 is 11.6 Å². The lowest BCUT2D eigenvalue weighted by molar-refractivity contribution is 0.0963. The van der Waals surface area contributed by atoms with Crippen molar-refractivity contribution in [3.63, 3.8) is 0 Å². The van der Waals surface area contributed by atoms with Crippen molar-refractivity contribution in [2.45, 2.75) is 6.54 Å². The third-order valence-electron chi connectivity index (χ3n) is 2.95. The molecule has 0 spiro atoms. The first kappa shape index (κ1) is 14.9. The molecule has 0 atom stereocenters. The van der Waals surface area contributed by atoms with Crippen LogP contribution in [0.1, 0.15) is 15.9 Å². The zero-order valence-electron chi connectivity index (χ0n) is 11.2. The predicted octanol–water partition coefficient (Wildman–Crippen LogP) is 3.08. The molecule has 1 amide bonds. The molecule has 0 aromatic heterocycles. The Morgan fingerprint density at radius 2 is 1.62 bits per heavy atom. The van der Waals surface area contributed by atoms with Gasteiger partial charge in [0, 0.05) is 36.5 Å². The van der Waals surface area contributed by atoms with E-state index >= 15 is 0 Å². The number of hydrogen-bond acceptors (Lipinski definition) is 2. The second-order valence-corrected chi connectivity index (χ2v) is 4.37. The predicted molar refractivity (Wildman–Crippen MR) is 73.5 cm³/mol. The Hall–Kier alpha value is -2.50. The molecule has 6 heteroatoms. The van der Waals surface area contributed by atoms with E-state index in [2.05, 4.69) is 10.6 Å². The van der Waals surface area contributed by atoms with Gasteiger partial charge in [0.2, 0.25) is 0 Å². The van der Waals surface area contributed by atoms with Gasteiger partial charge in [-0.1, -0.05) is 0 Å². The van der Waals surface area contributed by atoms with Crippen molar-refractivity contribution in [2.75, 3.05) is 12.4 Å². The van der Waals surface area contributed by atoms with Crippen LogP contribution in [-0.4, -0.2) is 13.0 Å². The number of nitrogens with one attached hydrogen (secondary N) is 2. The highest BCUT2D eigenvalue weighted by atomic mass is 19.2. The summed E-state index contributed by atoms with van der Waals surface area (Å²) in [5.41, 5.74) is 1.14. The van der Waals surface area contributed by atoms with E-state index in [-0.39, 0.29) is 18.0 Å². The van der Waals surface area contributed by atoms with Crippen LogP contribution in [0.4, 0.5) is 18.9 Å². The molecular weight excluding hydrogens is 281 g/mol. The summed E-state index contributed by atoms with van der Waals surface area (Å²) in [4.78, 5) is 11.4. The minimum atomic E-state index is -1.22. The Labute approximate surface area is 119 Å². The van der Waals surface area contributed by atoms with E-state index < -0.39 is 17.5 Å². The summed E-state index contributed by atoms with van der Waals surface area (Å²) in [6.07, 6.45) is 0. The Bertz CT molecular complexity index is 657. The van der Waals surface area contributed by atoms with Crippen molar-refractivity contribution in [2.24, 2.45) is 0 Å². The quantitative estimate of drug-likeness (QED) is 0.851. The molecule has 0 saturated carbocycles. The van der Waals surface area contributed by atoms with Crippen LogP contribution >= 0.6 is 0 Å². The highest BCUT2D eigenvalue weighted by molar-refractivity contribution is 5.94. The first-order valence-electron chi connectivity index (χ1n) is 6.20. The smallest absolute Gasteiger partial charge is 0.251 e. The number of carbonyl (C=O) groups is 1. The zero-order chi connectivity index (χ0) is 15.4. The molecule has 0 aliphatic carbocycles. The maximum Gasteiger partial charge on any atom is 0.251 e. The van der Waals surface area contributed by atoms with Gasteiger partial charge in [-0.05, 0) is 30.3 Å². The minimum absolute atomic E-state index is 0.00234. The molecule has 0 aliphatic heterocycles. The molecule has 0 aliphatic rings. The first-order chi connectivity index (χ1) is 10.0. The van der Waals surface area contributed by atoms with Crippen molar-refractivity contribution in [3.8, 4) is 0 Å². The fourth-order valence-corrected chi connectivity index (χ4v) is 1.78. The van der Waals surface area contributed by atoms with E-state index in [1.807, 2.05) is 0 Å². The number of benzene rings is 2. The Kier molecular flexibility index (Phi) is 4.47. The number of halogens is 3. The van der Waals surface area contributed by atoms with Crippen LogP contribution in [0.25, 0.3) is 0 Å². The lowest BCUT2D eigenvalue weighted by Crippen LogP contribution is -2.17. The minimum Gasteiger partial charge on any atom is -0.381 e. The van der Waals surface area contributed by atoms with E-state index in [4.69, 9.17) is 0 Å². The average molecular weight is 294 g/mol. The maximum absolute atomic E-state index is 13.4. The van der Waals surface area contributed by atoms with Gasteiger partial charge in [0.1, 0.15) is 5.82 Å².